The maximum absolute atomic E-state index is 13.0. The molecule has 112 valence electrons. The summed E-state index contributed by atoms with van der Waals surface area (Å²) in [6, 6.07) is 6.09. The van der Waals surface area contributed by atoms with Gasteiger partial charge in [-0.2, -0.15) is 0 Å². The van der Waals surface area contributed by atoms with E-state index in [0.717, 1.165) is 12.1 Å². The second-order valence-electron chi connectivity index (χ2n) is 4.48. The lowest BCUT2D eigenvalue weighted by Crippen LogP contribution is -2.25. The van der Waals surface area contributed by atoms with E-state index in [9.17, 15) is 9.18 Å². The van der Waals surface area contributed by atoms with Crippen molar-refractivity contribution >= 4 is 17.7 Å². The number of carbonyl (C=O) groups is 1. The van der Waals surface area contributed by atoms with Gasteiger partial charge in [0.05, 0.1) is 5.75 Å². The lowest BCUT2D eigenvalue weighted by molar-refractivity contribution is -0.118. The fraction of sp³-hybridized carbons (Fsp3) is 0.357. The molecule has 5 nitrogen and oxygen atoms in total. The van der Waals surface area contributed by atoms with E-state index in [-0.39, 0.29) is 17.5 Å². The molecule has 21 heavy (non-hydrogen) atoms. The number of halogens is 1. The number of hydrogen-bond donors (Lipinski definition) is 1. The summed E-state index contributed by atoms with van der Waals surface area (Å²) in [5, 5.41) is 11.5. The van der Waals surface area contributed by atoms with Crippen LogP contribution in [0.3, 0.4) is 0 Å². The lowest BCUT2D eigenvalue weighted by Gasteiger charge is -2.08. The van der Waals surface area contributed by atoms with Gasteiger partial charge >= 0.3 is 0 Å². The maximum Gasteiger partial charge on any atom is 0.230 e. The molecule has 0 radical (unpaired) electrons. The summed E-state index contributed by atoms with van der Waals surface area (Å²) in [5.41, 5.74) is 0.773. The molecule has 0 atom stereocenters. The number of aryl methyl sites for hydroxylation is 1. The van der Waals surface area contributed by atoms with E-state index in [1.54, 1.807) is 16.7 Å². The van der Waals surface area contributed by atoms with E-state index in [1.807, 2.05) is 13.8 Å². The molecule has 7 heteroatoms. The van der Waals surface area contributed by atoms with Crippen LogP contribution in [0.25, 0.3) is 5.69 Å². The van der Waals surface area contributed by atoms with Crippen molar-refractivity contribution in [1.82, 2.24) is 20.1 Å². The van der Waals surface area contributed by atoms with Crippen molar-refractivity contribution in [3.8, 4) is 5.69 Å². The van der Waals surface area contributed by atoms with Crippen molar-refractivity contribution in [2.45, 2.75) is 25.4 Å². The molecule has 0 aliphatic rings. The summed E-state index contributed by atoms with van der Waals surface area (Å²) in [7, 11) is 0. The minimum absolute atomic E-state index is 0.0341. The van der Waals surface area contributed by atoms with Crippen LogP contribution in [0.5, 0.6) is 0 Å². The zero-order valence-electron chi connectivity index (χ0n) is 12.0. The number of nitrogens with one attached hydrogen (secondary N) is 1. The van der Waals surface area contributed by atoms with Crippen LogP contribution in [0.4, 0.5) is 4.39 Å². The van der Waals surface area contributed by atoms with Crippen molar-refractivity contribution in [3.05, 3.63) is 35.9 Å². The average Bonchev–Trinajstić information content (AvgIpc) is 2.85. The predicted molar refractivity (Wildman–Crippen MR) is 80.1 cm³/mol. The molecular weight excluding hydrogens is 291 g/mol. The molecule has 2 aromatic rings. The zero-order valence-corrected chi connectivity index (χ0v) is 12.8. The quantitative estimate of drug-likeness (QED) is 0.832. The van der Waals surface area contributed by atoms with Gasteiger partial charge in [0, 0.05) is 12.2 Å². The smallest absolute Gasteiger partial charge is 0.230 e. The number of thioether (sulfide) groups is 1. The summed E-state index contributed by atoms with van der Waals surface area (Å²) < 4.78 is 14.8. The van der Waals surface area contributed by atoms with Crippen LogP contribution < -0.4 is 5.32 Å². The summed E-state index contributed by atoms with van der Waals surface area (Å²) in [5.74, 6) is 0.642. The zero-order chi connectivity index (χ0) is 15.2. The van der Waals surface area contributed by atoms with Gasteiger partial charge in [-0.1, -0.05) is 18.7 Å². The van der Waals surface area contributed by atoms with Gasteiger partial charge in [-0.15, -0.1) is 10.2 Å². The molecule has 1 aromatic heterocycles. The van der Waals surface area contributed by atoms with Gasteiger partial charge in [-0.3, -0.25) is 9.36 Å². The summed E-state index contributed by atoms with van der Waals surface area (Å²) in [6.07, 6.45) is 0.904. The van der Waals surface area contributed by atoms with Gasteiger partial charge in [0.25, 0.3) is 0 Å². The molecule has 2 rings (SSSR count). The highest BCUT2D eigenvalue weighted by Gasteiger charge is 2.13. The highest BCUT2D eigenvalue weighted by atomic mass is 32.2. The molecule has 0 saturated carbocycles. The topological polar surface area (TPSA) is 59.8 Å². The van der Waals surface area contributed by atoms with E-state index in [0.29, 0.717) is 17.5 Å². The molecule has 1 heterocycles. The van der Waals surface area contributed by atoms with E-state index in [4.69, 9.17) is 0 Å². The molecule has 0 aliphatic heterocycles. The van der Waals surface area contributed by atoms with E-state index in [1.165, 1.54) is 23.9 Å². The largest absolute Gasteiger partial charge is 0.355 e. The van der Waals surface area contributed by atoms with E-state index >= 15 is 0 Å². The van der Waals surface area contributed by atoms with Gasteiger partial charge in [-0.25, -0.2) is 4.39 Å². The Labute approximate surface area is 127 Å². The Bertz CT molecular complexity index is 612. The number of benzene rings is 1. The van der Waals surface area contributed by atoms with Crippen molar-refractivity contribution in [3.63, 3.8) is 0 Å². The van der Waals surface area contributed by atoms with Crippen LogP contribution >= 0.6 is 11.8 Å². The van der Waals surface area contributed by atoms with Crippen molar-refractivity contribution in [1.29, 1.82) is 0 Å². The first kappa shape index (κ1) is 15.5. The molecule has 1 amide bonds. The molecule has 1 N–H and O–H groups in total. The van der Waals surface area contributed by atoms with Crippen LogP contribution in [-0.4, -0.2) is 33.0 Å². The molecule has 0 spiro atoms. The normalized spacial score (nSPS) is 10.6. The second-order valence-corrected chi connectivity index (χ2v) is 5.42. The van der Waals surface area contributed by atoms with Crippen LogP contribution in [-0.2, 0) is 4.79 Å². The van der Waals surface area contributed by atoms with Gasteiger partial charge in [0.1, 0.15) is 11.6 Å². The SMILES string of the molecule is CCCNC(=O)CSc1nnc(C)n1-c1ccc(F)cc1. The van der Waals surface area contributed by atoms with Crippen LogP contribution in [0.15, 0.2) is 29.4 Å². The Hall–Kier alpha value is -1.89. The number of hydrogen-bond acceptors (Lipinski definition) is 4. The Morgan fingerprint density at radius 2 is 2.05 bits per heavy atom. The Balaban J connectivity index is 2.11. The summed E-state index contributed by atoms with van der Waals surface area (Å²) in [4.78, 5) is 11.6. The van der Waals surface area contributed by atoms with E-state index in [2.05, 4.69) is 15.5 Å². The molecule has 0 saturated heterocycles. The van der Waals surface area contributed by atoms with Crippen molar-refractivity contribution < 1.29 is 9.18 Å². The minimum Gasteiger partial charge on any atom is -0.355 e. The molecular formula is C14H17FN4OS. The second kappa shape index (κ2) is 7.21. The summed E-state index contributed by atoms with van der Waals surface area (Å²) in [6.45, 7) is 4.49. The molecule has 0 aliphatic carbocycles. The minimum atomic E-state index is -0.294. The van der Waals surface area contributed by atoms with Crippen LogP contribution in [0.2, 0.25) is 0 Å². The average molecular weight is 308 g/mol. The number of carbonyl (C=O) groups excluding carboxylic acids is 1. The number of aromatic nitrogens is 3. The highest BCUT2D eigenvalue weighted by Crippen LogP contribution is 2.21. The van der Waals surface area contributed by atoms with Crippen molar-refractivity contribution in [2.75, 3.05) is 12.3 Å². The summed E-state index contributed by atoms with van der Waals surface area (Å²) >= 11 is 1.31. The third kappa shape index (κ3) is 4.04. The van der Waals surface area contributed by atoms with E-state index < -0.39 is 0 Å². The first-order valence-corrected chi connectivity index (χ1v) is 7.68. The number of nitrogens with zero attached hydrogens (tertiary/aromatic N) is 3. The fourth-order valence-corrected chi connectivity index (χ4v) is 2.60. The molecule has 0 fully saturated rings. The number of amides is 1. The van der Waals surface area contributed by atoms with Crippen LogP contribution in [0, 0.1) is 12.7 Å². The molecule has 0 bridgehead atoms. The Morgan fingerprint density at radius 1 is 1.33 bits per heavy atom. The third-order valence-corrected chi connectivity index (χ3v) is 3.71. The first-order valence-electron chi connectivity index (χ1n) is 6.69. The molecule has 1 aromatic carbocycles. The first-order chi connectivity index (χ1) is 10.1. The highest BCUT2D eigenvalue weighted by molar-refractivity contribution is 7.99. The third-order valence-electron chi connectivity index (χ3n) is 2.78. The van der Waals surface area contributed by atoms with Crippen LogP contribution in [0.1, 0.15) is 19.2 Å². The predicted octanol–water partition coefficient (Wildman–Crippen LogP) is 2.33. The molecule has 0 unspecified atom stereocenters. The standard InChI is InChI=1S/C14H17FN4OS/c1-3-8-16-13(20)9-21-14-18-17-10(2)19(14)12-6-4-11(15)5-7-12/h4-7H,3,8-9H2,1-2H3,(H,16,20). The maximum atomic E-state index is 13.0. The lowest BCUT2D eigenvalue weighted by atomic mass is 10.3. The van der Waals surface area contributed by atoms with Crippen molar-refractivity contribution in [2.24, 2.45) is 0 Å². The van der Waals surface area contributed by atoms with Gasteiger partial charge < -0.3 is 5.32 Å². The Morgan fingerprint density at radius 3 is 2.71 bits per heavy atom. The monoisotopic (exact) mass is 308 g/mol. The van der Waals surface area contributed by atoms with Gasteiger partial charge in [0.2, 0.25) is 5.91 Å². The Kier molecular flexibility index (Phi) is 5.32. The van der Waals surface area contributed by atoms with Gasteiger partial charge in [-0.05, 0) is 37.6 Å². The van der Waals surface area contributed by atoms with Gasteiger partial charge in [0.15, 0.2) is 5.16 Å². The number of rotatable bonds is 6. The fourth-order valence-electron chi connectivity index (χ4n) is 1.77.